The molecule has 2 aromatic heterocycles. The average molecular weight is 334 g/mol. The van der Waals surface area contributed by atoms with Crippen molar-refractivity contribution in [1.82, 2.24) is 14.6 Å². The Labute approximate surface area is 123 Å². The van der Waals surface area contributed by atoms with E-state index in [2.05, 4.69) is 26.0 Å². The zero-order chi connectivity index (χ0) is 14.1. The van der Waals surface area contributed by atoms with E-state index >= 15 is 0 Å². The smallest absolute Gasteiger partial charge is 0.358 e. The van der Waals surface area contributed by atoms with Crippen LogP contribution in [0.3, 0.4) is 0 Å². The summed E-state index contributed by atoms with van der Waals surface area (Å²) >= 11 is 3.51. The van der Waals surface area contributed by atoms with Crippen molar-refractivity contribution in [2.24, 2.45) is 0 Å². The first-order chi connectivity index (χ1) is 9.69. The minimum atomic E-state index is -0.410. The van der Waals surface area contributed by atoms with E-state index in [9.17, 15) is 4.79 Å². The van der Waals surface area contributed by atoms with E-state index in [0.717, 1.165) is 15.7 Å². The van der Waals surface area contributed by atoms with E-state index in [1.54, 1.807) is 17.6 Å². The van der Waals surface area contributed by atoms with Crippen LogP contribution in [0.25, 0.3) is 16.9 Å². The summed E-state index contributed by atoms with van der Waals surface area (Å²) in [6.07, 6.45) is 1.63. The van der Waals surface area contributed by atoms with Gasteiger partial charge in [0.1, 0.15) is 0 Å². The SMILES string of the molecule is CCOC(=O)c1cn2[nH]c(-c3ccccc3Br)cc2n1. The molecular formula is C14H12BrN3O2. The van der Waals surface area contributed by atoms with Crippen LogP contribution in [0.5, 0.6) is 0 Å². The Hall–Kier alpha value is -2.08. The van der Waals surface area contributed by atoms with Gasteiger partial charge in [-0.1, -0.05) is 34.1 Å². The van der Waals surface area contributed by atoms with Gasteiger partial charge in [-0.15, -0.1) is 0 Å². The summed E-state index contributed by atoms with van der Waals surface area (Å²) in [4.78, 5) is 15.9. The molecule has 0 amide bonds. The van der Waals surface area contributed by atoms with Gasteiger partial charge in [0.2, 0.25) is 0 Å². The molecular weight excluding hydrogens is 322 g/mol. The fraction of sp³-hybridized carbons (Fsp3) is 0.143. The van der Waals surface area contributed by atoms with Crippen LogP contribution in [0.15, 0.2) is 41.0 Å². The van der Waals surface area contributed by atoms with Crippen molar-refractivity contribution < 1.29 is 9.53 Å². The Morgan fingerprint density at radius 1 is 1.45 bits per heavy atom. The first-order valence-electron chi connectivity index (χ1n) is 6.19. The topological polar surface area (TPSA) is 59.4 Å². The summed E-state index contributed by atoms with van der Waals surface area (Å²) < 4.78 is 7.63. The second-order valence-corrected chi connectivity index (χ2v) is 5.08. The zero-order valence-electron chi connectivity index (χ0n) is 10.8. The maximum Gasteiger partial charge on any atom is 0.358 e. The number of carbonyl (C=O) groups is 1. The molecule has 0 saturated carbocycles. The number of fused-ring (bicyclic) bond motifs is 1. The number of H-pyrrole nitrogens is 1. The van der Waals surface area contributed by atoms with Crippen LogP contribution in [-0.2, 0) is 4.74 Å². The van der Waals surface area contributed by atoms with Gasteiger partial charge >= 0.3 is 5.97 Å². The minimum absolute atomic E-state index is 0.303. The van der Waals surface area contributed by atoms with E-state index < -0.39 is 5.97 Å². The molecule has 0 radical (unpaired) electrons. The number of halogens is 1. The largest absolute Gasteiger partial charge is 0.461 e. The second-order valence-electron chi connectivity index (χ2n) is 4.22. The quantitative estimate of drug-likeness (QED) is 0.748. The van der Waals surface area contributed by atoms with Gasteiger partial charge in [-0.3, -0.25) is 5.10 Å². The maximum absolute atomic E-state index is 11.6. The van der Waals surface area contributed by atoms with E-state index in [-0.39, 0.29) is 0 Å². The standard InChI is InChI=1S/C14H12BrN3O2/c1-2-20-14(19)12-8-18-13(16-12)7-11(17-18)9-5-3-4-6-10(9)15/h3-8,17H,2H2,1H3. The summed E-state index contributed by atoms with van der Waals surface area (Å²) in [5.41, 5.74) is 2.95. The number of imidazole rings is 1. The van der Waals surface area contributed by atoms with Crippen molar-refractivity contribution in [3.05, 3.63) is 46.7 Å². The summed E-state index contributed by atoms with van der Waals surface area (Å²) in [5.74, 6) is -0.410. The number of carbonyl (C=O) groups excluding carboxylic acids is 1. The molecule has 0 aliphatic heterocycles. The molecule has 3 aromatic rings. The molecule has 0 saturated heterocycles. The summed E-state index contributed by atoms with van der Waals surface area (Å²) in [6.45, 7) is 2.11. The van der Waals surface area contributed by atoms with E-state index in [1.165, 1.54) is 0 Å². The number of aromatic amines is 1. The molecule has 102 valence electrons. The van der Waals surface area contributed by atoms with Crippen molar-refractivity contribution in [2.75, 3.05) is 6.61 Å². The minimum Gasteiger partial charge on any atom is -0.461 e. The van der Waals surface area contributed by atoms with Crippen molar-refractivity contribution in [2.45, 2.75) is 6.92 Å². The molecule has 20 heavy (non-hydrogen) atoms. The third kappa shape index (κ3) is 2.22. The monoisotopic (exact) mass is 333 g/mol. The van der Waals surface area contributed by atoms with Crippen LogP contribution in [0.1, 0.15) is 17.4 Å². The summed E-state index contributed by atoms with van der Waals surface area (Å²) in [6, 6.07) is 9.79. The highest BCUT2D eigenvalue weighted by Gasteiger charge is 2.14. The first kappa shape index (κ1) is 12.9. The van der Waals surface area contributed by atoms with Gasteiger partial charge in [0.25, 0.3) is 0 Å². The summed E-state index contributed by atoms with van der Waals surface area (Å²) in [7, 11) is 0. The highest BCUT2D eigenvalue weighted by atomic mass is 79.9. The lowest BCUT2D eigenvalue weighted by Gasteiger charge is -2.00. The van der Waals surface area contributed by atoms with Gasteiger partial charge in [-0.05, 0) is 13.0 Å². The van der Waals surface area contributed by atoms with E-state index in [1.807, 2.05) is 30.3 Å². The Morgan fingerprint density at radius 2 is 2.25 bits per heavy atom. The van der Waals surface area contributed by atoms with Crippen LogP contribution < -0.4 is 0 Å². The Morgan fingerprint density at radius 3 is 2.95 bits per heavy atom. The number of benzene rings is 1. The predicted molar refractivity (Wildman–Crippen MR) is 78.6 cm³/mol. The lowest BCUT2D eigenvalue weighted by molar-refractivity contribution is 0.0520. The normalized spacial score (nSPS) is 10.9. The second kappa shape index (κ2) is 5.13. The van der Waals surface area contributed by atoms with E-state index in [0.29, 0.717) is 17.9 Å². The number of aromatic nitrogens is 3. The molecule has 0 aliphatic carbocycles. The molecule has 0 unspecified atom stereocenters. The Bertz CT molecular complexity index is 744. The molecule has 0 spiro atoms. The average Bonchev–Trinajstić information content (AvgIpc) is 2.97. The van der Waals surface area contributed by atoms with Crippen LogP contribution in [-0.4, -0.2) is 27.2 Å². The van der Waals surface area contributed by atoms with Crippen LogP contribution >= 0.6 is 15.9 Å². The number of ether oxygens (including phenoxy) is 1. The molecule has 3 rings (SSSR count). The number of nitrogens with zero attached hydrogens (tertiary/aromatic N) is 2. The van der Waals surface area contributed by atoms with Gasteiger partial charge in [-0.2, -0.15) is 0 Å². The number of rotatable bonds is 3. The fourth-order valence-corrected chi connectivity index (χ4v) is 2.50. The first-order valence-corrected chi connectivity index (χ1v) is 6.98. The van der Waals surface area contributed by atoms with Gasteiger partial charge in [0, 0.05) is 16.1 Å². The van der Waals surface area contributed by atoms with Gasteiger partial charge < -0.3 is 4.74 Å². The molecule has 0 fully saturated rings. The number of hydrogen-bond donors (Lipinski definition) is 1. The van der Waals surface area contributed by atoms with Gasteiger partial charge in [0.05, 0.1) is 18.5 Å². The number of esters is 1. The van der Waals surface area contributed by atoms with Crippen molar-refractivity contribution in [3.8, 4) is 11.3 Å². The fourth-order valence-electron chi connectivity index (χ4n) is 2.00. The Balaban J connectivity index is 1.99. The Kier molecular flexibility index (Phi) is 3.31. The number of nitrogens with one attached hydrogen (secondary N) is 1. The van der Waals surface area contributed by atoms with E-state index in [4.69, 9.17) is 4.74 Å². The molecule has 2 heterocycles. The highest BCUT2D eigenvalue weighted by molar-refractivity contribution is 9.10. The lowest BCUT2D eigenvalue weighted by Crippen LogP contribution is -2.04. The molecule has 0 aliphatic rings. The molecule has 5 nitrogen and oxygen atoms in total. The molecule has 1 aromatic carbocycles. The van der Waals surface area contributed by atoms with Crippen LogP contribution in [0, 0.1) is 0 Å². The zero-order valence-corrected chi connectivity index (χ0v) is 12.3. The highest BCUT2D eigenvalue weighted by Crippen LogP contribution is 2.27. The van der Waals surface area contributed by atoms with Crippen molar-refractivity contribution in [1.29, 1.82) is 0 Å². The van der Waals surface area contributed by atoms with Crippen molar-refractivity contribution in [3.63, 3.8) is 0 Å². The molecule has 0 bridgehead atoms. The van der Waals surface area contributed by atoms with Crippen molar-refractivity contribution >= 4 is 27.5 Å². The number of hydrogen-bond acceptors (Lipinski definition) is 3. The molecule has 0 atom stereocenters. The lowest BCUT2D eigenvalue weighted by atomic mass is 10.2. The molecule has 6 heteroatoms. The predicted octanol–water partition coefficient (Wildman–Crippen LogP) is 3.27. The third-order valence-electron chi connectivity index (χ3n) is 2.90. The molecule has 1 N–H and O–H groups in total. The van der Waals surface area contributed by atoms with Gasteiger partial charge in [-0.25, -0.2) is 14.3 Å². The van der Waals surface area contributed by atoms with Gasteiger partial charge in [0.15, 0.2) is 11.3 Å². The third-order valence-corrected chi connectivity index (χ3v) is 3.59. The summed E-state index contributed by atoms with van der Waals surface area (Å²) in [5, 5.41) is 3.19. The maximum atomic E-state index is 11.6. The van der Waals surface area contributed by atoms with Crippen LogP contribution in [0.4, 0.5) is 0 Å². The van der Waals surface area contributed by atoms with Crippen LogP contribution in [0.2, 0.25) is 0 Å².